The summed E-state index contributed by atoms with van der Waals surface area (Å²) in [6.45, 7) is -0.361. The fourth-order valence-electron chi connectivity index (χ4n) is 0.172. The summed E-state index contributed by atoms with van der Waals surface area (Å²) < 4.78 is 0. The van der Waals surface area contributed by atoms with Crippen molar-refractivity contribution in [3.8, 4) is 0 Å². The lowest BCUT2D eigenvalue weighted by Gasteiger charge is -1.93. The maximum atomic E-state index is 9.46. The van der Waals surface area contributed by atoms with Crippen molar-refractivity contribution in [1.29, 1.82) is 0 Å². The highest BCUT2D eigenvalue weighted by atomic mass is 35.5. The number of rotatable bonds is 2. The van der Waals surface area contributed by atoms with Gasteiger partial charge in [0.25, 0.3) is 0 Å². The second-order valence-corrected chi connectivity index (χ2v) is 1.18. The van der Waals surface area contributed by atoms with Crippen molar-refractivity contribution in [2.24, 2.45) is 11.5 Å². The normalized spacial score (nSPS) is 8.38. The number of hydrogen-bond acceptors (Lipinski definition) is 4. The van der Waals surface area contributed by atoms with Crippen molar-refractivity contribution >= 4 is 12.4 Å². The highest BCUT2D eigenvalue weighted by Crippen LogP contribution is 1.65. The average molecular weight is 142 g/mol. The van der Waals surface area contributed by atoms with Crippen LogP contribution in [0.3, 0.4) is 0 Å². The molecule has 0 bridgehead atoms. The van der Waals surface area contributed by atoms with Crippen LogP contribution in [-0.4, -0.2) is 17.6 Å². The summed E-state index contributed by atoms with van der Waals surface area (Å²) >= 11 is 0. The van der Waals surface area contributed by atoms with Gasteiger partial charge in [0.15, 0.2) is 0 Å². The van der Waals surface area contributed by atoms with Crippen molar-refractivity contribution < 1.29 is 4.92 Å². The zero-order valence-corrected chi connectivity index (χ0v) is 4.93. The van der Waals surface area contributed by atoms with Crippen LogP contribution in [0.4, 0.5) is 0 Å². The van der Waals surface area contributed by atoms with Crippen LogP contribution in [0.1, 0.15) is 0 Å². The van der Waals surface area contributed by atoms with E-state index >= 15 is 0 Å². The first-order chi connectivity index (χ1) is 3.13. The fourth-order valence-corrected chi connectivity index (χ4v) is 0.172. The first-order valence-corrected chi connectivity index (χ1v) is 1.76. The van der Waals surface area contributed by atoms with Gasteiger partial charge in [0.1, 0.15) is 6.17 Å². The number of nitrogens with zero attached hydrogens (tertiary/aromatic N) is 1. The molecule has 0 aromatic carbocycles. The Balaban J connectivity index is 0. The Kier molecular flexibility index (Phi) is 6.29. The van der Waals surface area contributed by atoms with Crippen molar-refractivity contribution in [1.82, 2.24) is 0 Å². The Morgan fingerprint density at radius 1 is 1.62 bits per heavy atom. The van der Waals surface area contributed by atoms with Gasteiger partial charge in [0, 0.05) is 4.92 Å². The van der Waals surface area contributed by atoms with Crippen molar-refractivity contribution in [2.75, 3.05) is 6.54 Å². The minimum atomic E-state index is -0.824. The van der Waals surface area contributed by atoms with Crippen molar-refractivity contribution in [2.45, 2.75) is 6.17 Å². The molecule has 0 heterocycles. The van der Waals surface area contributed by atoms with E-state index in [2.05, 4.69) is 0 Å². The van der Waals surface area contributed by atoms with Gasteiger partial charge in [-0.3, -0.25) is 10.1 Å². The molecule has 4 N–H and O–H groups in total. The topological polar surface area (TPSA) is 95.2 Å². The summed E-state index contributed by atoms with van der Waals surface area (Å²) in [5.41, 5.74) is 9.66. The van der Waals surface area contributed by atoms with E-state index in [-0.39, 0.29) is 19.0 Å². The highest BCUT2D eigenvalue weighted by molar-refractivity contribution is 5.85. The van der Waals surface area contributed by atoms with Gasteiger partial charge >= 0.3 is 0 Å². The maximum absolute atomic E-state index is 9.46. The van der Waals surface area contributed by atoms with Gasteiger partial charge < -0.3 is 11.5 Å². The molecular formula is C2H8ClN3O2. The van der Waals surface area contributed by atoms with Gasteiger partial charge in [-0.15, -0.1) is 12.4 Å². The van der Waals surface area contributed by atoms with Crippen LogP contribution in [0.15, 0.2) is 0 Å². The Labute approximate surface area is 52.6 Å². The molecular weight excluding hydrogens is 133 g/mol. The molecule has 50 valence electrons. The molecule has 0 saturated carbocycles. The Bertz CT molecular complexity index is 75.7. The molecule has 0 aliphatic rings. The molecule has 0 unspecified atom stereocenters. The predicted octanol–water partition coefficient (Wildman–Crippen LogP) is -1.07. The fraction of sp³-hybridized carbons (Fsp3) is 1.00. The van der Waals surface area contributed by atoms with E-state index in [9.17, 15) is 10.1 Å². The summed E-state index contributed by atoms with van der Waals surface area (Å²) in [6, 6.07) is 0. The third-order valence-electron chi connectivity index (χ3n) is 0.360. The minimum Gasteiger partial charge on any atom is -0.311 e. The van der Waals surface area contributed by atoms with Crippen LogP contribution < -0.4 is 11.5 Å². The molecule has 0 aliphatic heterocycles. The molecule has 5 nitrogen and oxygen atoms in total. The van der Waals surface area contributed by atoms with Gasteiger partial charge in [-0.05, 0) is 0 Å². The van der Waals surface area contributed by atoms with E-state index in [0.29, 0.717) is 0 Å². The highest BCUT2D eigenvalue weighted by Gasteiger charge is 1.99. The number of halogens is 1. The van der Waals surface area contributed by atoms with Crippen LogP contribution >= 0.6 is 12.4 Å². The Morgan fingerprint density at radius 3 is 2.00 bits per heavy atom. The van der Waals surface area contributed by atoms with E-state index in [1.54, 1.807) is 0 Å². The molecule has 0 aromatic heterocycles. The second-order valence-electron chi connectivity index (χ2n) is 1.18. The Hall–Kier alpha value is -0.390. The third kappa shape index (κ3) is 9.15. The molecule has 0 rings (SSSR count). The lowest BCUT2D eigenvalue weighted by atomic mass is 10.6. The molecule has 0 aromatic rings. The molecule has 0 spiro atoms. The first kappa shape index (κ1) is 10.6. The molecule has 0 amide bonds. The summed E-state index contributed by atoms with van der Waals surface area (Å²) in [7, 11) is 0. The zero-order chi connectivity index (χ0) is 5.86. The van der Waals surface area contributed by atoms with E-state index < -0.39 is 11.1 Å². The van der Waals surface area contributed by atoms with Crippen LogP contribution in [0.2, 0.25) is 0 Å². The summed E-state index contributed by atoms with van der Waals surface area (Å²) in [5, 5.41) is 9.46. The van der Waals surface area contributed by atoms with E-state index in [1.165, 1.54) is 0 Å². The molecule has 0 radical (unpaired) electrons. The van der Waals surface area contributed by atoms with Gasteiger partial charge in [-0.2, -0.15) is 0 Å². The number of nitro groups is 1. The third-order valence-corrected chi connectivity index (χ3v) is 0.360. The largest absolute Gasteiger partial charge is 0.311 e. The van der Waals surface area contributed by atoms with Crippen molar-refractivity contribution in [3.63, 3.8) is 0 Å². The van der Waals surface area contributed by atoms with Gasteiger partial charge in [-0.1, -0.05) is 0 Å². The van der Waals surface area contributed by atoms with E-state index in [1.807, 2.05) is 0 Å². The summed E-state index contributed by atoms with van der Waals surface area (Å²) in [6.07, 6.45) is -0.824. The maximum Gasteiger partial charge on any atom is 0.231 e. The van der Waals surface area contributed by atoms with Crippen LogP contribution in [-0.2, 0) is 0 Å². The number of nitrogens with two attached hydrogens (primary N) is 2. The molecule has 6 heteroatoms. The first-order valence-electron chi connectivity index (χ1n) is 1.76. The lowest BCUT2D eigenvalue weighted by Crippen LogP contribution is -2.37. The summed E-state index contributed by atoms with van der Waals surface area (Å²) in [5.74, 6) is 0. The predicted molar refractivity (Wildman–Crippen MR) is 31.3 cm³/mol. The number of hydrogen-bond donors (Lipinski definition) is 2. The van der Waals surface area contributed by atoms with Crippen LogP contribution in [0.5, 0.6) is 0 Å². The van der Waals surface area contributed by atoms with Crippen molar-refractivity contribution in [3.05, 3.63) is 10.1 Å². The molecule has 8 heavy (non-hydrogen) atoms. The van der Waals surface area contributed by atoms with Crippen LogP contribution in [0, 0.1) is 10.1 Å². The molecule has 0 atom stereocenters. The molecule has 0 aliphatic carbocycles. The van der Waals surface area contributed by atoms with Crippen LogP contribution in [0.25, 0.3) is 0 Å². The SMILES string of the molecule is Cl.NC(N)C[N+](=O)[O-]. The lowest BCUT2D eigenvalue weighted by molar-refractivity contribution is -0.482. The van der Waals surface area contributed by atoms with E-state index in [4.69, 9.17) is 11.5 Å². The smallest absolute Gasteiger partial charge is 0.231 e. The molecule has 0 fully saturated rings. The summed E-state index contributed by atoms with van der Waals surface area (Å²) in [4.78, 5) is 8.90. The standard InChI is InChI=1S/C2H7N3O2.ClH/c3-2(4)1-5(6)7;/h2H,1,3-4H2;1H. The molecule has 0 saturated heterocycles. The average Bonchev–Trinajstić information content (AvgIpc) is 1.27. The van der Waals surface area contributed by atoms with E-state index in [0.717, 1.165) is 0 Å². The van der Waals surface area contributed by atoms with Gasteiger partial charge in [0.05, 0.1) is 0 Å². The minimum absolute atomic E-state index is 0. The van der Waals surface area contributed by atoms with Gasteiger partial charge in [-0.25, -0.2) is 0 Å². The quantitative estimate of drug-likeness (QED) is 0.291. The second kappa shape index (κ2) is 4.76. The zero-order valence-electron chi connectivity index (χ0n) is 4.11. The monoisotopic (exact) mass is 141 g/mol. The van der Waals surface area contributed by atoms with Gasteiger partial charge in [0.2, 0.25) is 6.54 Å². The Morgan fingerprint density at radius 2 is 2.00 bits per heavy atom.